The molecule has 0 aromatic heterocycles. The monoisotopic (exact) mass is 344 g/mol. The van der Waals surface area contributed by atoms with Gasteiger partial charge in [0.15, 0.2) is 0 Å². The van der Waals surface area contributed by atoms with E-state index < -0.39 is 0 Å². The second-order valence-electron chi connectivity index (χ2n) is 5.67. The summed E-state index contributed by atoms with van der Waals surface area (Å²) in [5.41, 5.74) is 0. The molecule has 0 aromatic carbocycles. The van der Waals surface area contributed by atoms with Gasteiger partial charge in [-0.2, -0.15) is 0 Å². The first kappa shape index (κ1) is 22.2. The Balaban J connectivity index is 0. The molecule has 5 heteroatoms. The van der Waals surface area contributed by atoms with E-state index >= 15 is 0 Å². The molecule has 1 radical (unpaired) electrons. The Hall–Kier alpha value is -0.0451. The lowest BCUT2D eigenvalue weighted by Crippen LogP contribution is -2.12. The second kappa shape index (κ2) is 19.0. The van der Waals surface area contributed by atoms with Gasteiger partial charge in [0.25, 0.3) is 0 Å². The smallest absolute Gasteiger partial charge is 0.309 e. The fraction of sp³-hybridized carbons (Fsp3) is 0.933. The summed E-state index contributed by atoms with van der Waals surface area (Å²) in [4.78, 5) is 4.56. The maximum Gasteiger partial charge on any atom is 0.342 e. The molecule has 0 atom stereocenters. The van der Waals surface area contributed by atoms with Gasteiger partial charge >= 0.3 is 6.10 Å². The number of nitriles is 1. The third kappa shape index (κ3) is 26.5. The van der Waals surface area contributed by atoms with Crippen molar-refractivity contribution in [2.45, 2.75) is 51.4 Å². The maximum atomic E-state index is 7.52. The fourth-order valence-electron chi connectivity index (χ4n) is 1.92. The average molecular weight is 345 g/mol. The molecule has 0 aromatic rings. The molecule has 0 spiro atoms. The van der Waals surface area contributed by atoms with Gasteiger partial charge in [-0.1, -0.05) is 38.5 Å². The third-order valence-electron chi connectivity index (χ3n) is 3.01. The molecule has 0 aliphatic carbocycles. The van der Waals surface area contributed by atoms with Crippen molar-refractivity contribution >= 4 is 21.9 Å². The zero-order valence-electron chi connectivity index (χ0n) is 13.9. The van der Waals surface area contributed by atoms with Gasteiger partial charge in [0, 0.05) is 5.97 Å². The normalized spacial score (nSPS) is 10.1. The highest BCUT2D eigenvalue weighted by molar-refractivity contribution is 9.23. The zero-order chi connectivity index (χ0) is 15.6. The molecule has 0 saturated heterocycles. The fourth-order valence-corrected chi connectivity index (χ4v) is 1.92. The molecule has 3 nitrogen and oxygen atoms in total. The second-order valence-corrected chi connectivity index (χ2v) is 6.13. The molecule has 117 valence electrons. The van der Waals surface area contributed by atoms with Gasteiger partial charge in [-0.15, -0.1) is 15.8 Å². The van der Waals surface area contributed by atoms with Gasteiger partial charge < -0.3 is 9.80 Å². The summed E-state index contributed by atoms with van der Waals surface area (Å²) >= 11 is 2.76. The molecular weight excluding hydrogens is 313 g/mol. The number of rotatable bonds is 11. The van der Waals surface area contributed by atoms with E-state index in [1.54, 1.807) is 5.97 Å². The molecule has 0 rings (SSSR count). The van der Waals surface area contributed by atoms with E-state index in [1.807, 2.05) is 0 Å². The zero-order valence-corrected chi connectivity index (χ0v) is 15.5. The number of halogens is 1. The van der Waals surface area contributed by atoms with E-state index in [9.17, 15) is 0 Å². The van der Waals surface area contributed by atoms with Crippen LogP contribution in [0.25, 0.3) is 0 Å². The van der Waals surface area contributed by atoms with Crippen molar-refractivity contribution in [1.29, 1.82) is 5.26 Å². The molecule has 0 unspecified atom stereocenters. The van der Waals surface area contributed by atoms with Crippen LogP contribution in [0.4, 0.5) is 0 Å². The molecule has 0 fully saturated rings. The average Bonchev–Trinajstić information content (AvgIpc) is 2.40. The van der Waals surface area contributed by atoms with Crippen molar-refractivity contribution in [3.63, 3.8) is 0 Å². The summed E-state index contributed by atoms with van der Waals surface area (Å²) in [6, 6.07) is 0. The lowest BCUT2D eigenvalue weighted by Gasteiger charge is -2.09. The van der Waals surface area contributed by atoms with E-state index in [-0.39, 0.29) is 0 Å². The van der Waals surface area contributed by atoms with E-state index in [2.05, 4.69) is 53.7 Å². The van der Waals surface area contributed by atoms with Gasteiger partial charge in [0.05, 0.1) is 0 Å². The first-order valence-electron chi connectivity index (χ1n) is 7.65. The number of hydrogen-bond donors (Lipinski definition) is 0. The van der Waals surface area contributed by atoms with E-state index in [1.165, 1.54) is 70.6 Å². The Morgan fingerprint density at radius 3 is 1.20 bits per heavy atom. The minimum absolute atomic E-state index is 1.24. The van der Waals surface area contributed by atoms with Crippen LogP contribution in [-0.2, 0) is 0 Å². The molecule has 0 aliphatic heterocycles. The molecule has 0 aliphatic rings. The lowest BCUT2D eigenvalue weighted by molar-refractivity contribution is 0.384. The van der Waals surface area contributed by atoms with Crippen LogP contribution in [-0.4, -0.2) is 57.2 Å². The minimum Gasteiger partial charge on any atom is -0.309 e. The molecule has 0 bridgehead atoms. The summed E-state index contributed by atoms with van der Waals surface area (Å²) < 4.78 is 0. The first-order valence-corrected chi connectivity index (χ1v) is 8.57. The summed E-state index contributed by atoms with van der Waals surface area (Å²) in [6.45, 7) is 2.51. The summed E-state index contributed by atoms with van der Waals surface area (Å²) in [7, 11) is 8.63. The predicted octanol–water partition coefficient (Wildman–Crippen LogP) is 3.71. The molecule has 0 amide bonds. The predicted molar refractivity (Wildman–Crippen MR) is 94.3 cm³/mol. The number of hydrogen-bond acceptors (Lipinski definition) is 3. The van der Waals surface area contributed by atoms with Crippen LogP contribution in [0, 0.1) is 11.2 Å². The van der Waals surface area contributed by atoms with Gasteiger partial charge in [-0.25, -0.2) is 5.26 Å². The Kier molecular flexibility index (Phi) is 21.1. The highest BCUT2D eigenvalue weighted by Crippen LogP contribution is 2.08. The maximum absolute atomic E-state index is 7.52. The van der Waals surface area contributed by atoms with Crippen LogP contribution < -0.4 is 0 Å². The van der Waals surface area contributed by atoms with Crippen molar-refractivity contribution in [1.82, 2.24) is 9.80 Å². The lowest BCUT2D eigenvalue weighted by atomic mass is 10.1. The van der Waals surface area contributed by atoms with Crippen molar-refractivity contribution in [3.05, 3.63) is 0 Å². The van der Waals surface area contributed by atoms with Gasteiger partial charge in [-0.05, 0) is 54.1 Å². The third-order valence-corrected chi connectivity index (χ3v) is 3.21. The van der Waals surface area contributed by atoms with E-state index in [0.717, 1.165) is 0 Å². The Morgan fingerprint density at radius 1 is 0.750 bits per heavy atom. The molecular formula is C15H32BBrN3. The molecule has 0 saturated carbocycles. The van der Waals surface area contributed by atoms with Crippen LogP contribution in [0.15, 0.2) is 0 Å². The number of nitrogens with zero attached hydrogens (tertiary/aromatic N) is 3. The summed E-state index contributed by atoms with van der Waals surface area (Å²) in [5.74, 6) is 1.72. The molecule has 20 heavy (non-hydrogen) atoms. The van der Waals surface area contributed by atoms with E-state index in [4.69, 9.17) is 5.26 Å². The first-order chi connectivity index (χ1) is 9.54. The quantitative estimate of drug-likeness (QED) is 0.422. The van der Waals surface area contributed by atoms with Crippen LogP contribution in [0.3, 0.4) is 0 Å². The van der Waals surface area contributed by atoms with Crippen molar-refractivity contribution < 1.29 is 0 Å². The largest absolute Gasteiger partial charge is 0.342 e. The van der Waals surface area contributed by atoms with Crippen LogP contribution in [0.2, 0.25) is 0 Å². The molecule has 0 N–H and O–H groups in total. The standard InChI is InChI=1S/C14H32N2.CBBrN/c1-15(2)13-11-9-7-5-6-8-10-12-14-16(3)4;3-2-1-4/h5-14H2,1-4H3;. The van der Waals surface area contributed by atoms with Gasteiger partial charge in [0.2, 0.25) is 0 Å². The highest BCUT2D eigenvalue weighted by atomic mass is 79.9. The van der Waals surface area contributed by atoms with Gasteiger partial charge in [-0.3, -0.25) is 0 Å². The highest BCUT2D eigenvalue weighted by Gasteiger charge is 1.94. The van der Waals surface area contributed by atoms with E-state index in [0.29, 0.717) is 0 Å². The Labute approximate surface area is 135 Å². The van der Waals surface area contributed by atoms with Crippen LogP contribution in [0.5, 0.6) is 0 Å². The Morgan fingerprint density at radius 2 is 1.00 bits per heavy atom. The molecule has 0 heterocycles. The minimum atomic E-state index is 1.24. The Bertz CT molecular complexity index is 202. The van der Waals surface area contributed by atoms with Crippen molar-refractivity contribution in [2.75, 3.05) is 41.3 Å². The number of unbranched alkanes of at least 4 members (excludes halogenated alkanes) is 7. The van der Waals surface area contributed by atoms with Crippen LogP contribution >= 0.6 is 15.8 Å². The topological polar surface area (TPSA) is 30.3 Å². The SMILES string of the molecule is CN(C)CCCCCCCCCCN(C)C.N#C[B]Br. The van der Waals surface area contributed by atoms with Crippen LogP contribution in [0.1, 0.15) is 51.4 Å². The summed E-state index contributed by atoms with van der Waals surface area (Å²) in [5, 5.41) is 7.52. The van der Waals surface area contributed by atoms with Crippen molar-refractivity contribution in [2.24, 2.45) is 0 Å². The van der Waals surface area contributed by atoms with Crippen molar-refractivity contribution in [3.8, 4) is 5.97 Å². The summed E-state index contributed by atoms with van der Waals surface area (Å²) in [6.07, 6.45) is 12.5. The van der Waals surface area contributed by atoms with Gasteiger partial charge in [0.1, 0.15) is 0 Å².